The van der Waals surface area contributed by atoms with Crippen molar-refractivity contribution in [2.45, 2.75) is 6.92 Å². The minimum Gasteiger partial charge on any atom is -0.386 e. The third kappa shape index (κ3) is 16.9. The Bertz CT molecular complexity index is 431. The molecule has 0 aliphatic rings. The number of carbonyl (C=O) groups is 1. The van der Waals surface area contributed by atoms with Gasteiger partial charge in [0, 0.05) is 12.7 Å². The summed E-state index contributed by atoms with van der Waals surface area (Å²) in [5.41, 5.74) is 0. The molecule has 0 saturated carbocycles. The molecule has 2 nitrogen and oxygen atoms in total. The summed E-state index contributed by atoms with van der Waals surface area (Å²) in [6.07, 6.45) is 0. The van der Waals surface area contributed by atoms with E-state index in [9.17, 15) is 9.18 Å². The van der Waals surface area contributed by atoms with Gasteiger partial charge in [-0.1, -0.05) is 4.47 Å². The van der Waals surface area contributed by atoms with E-state index in [4.69, 9.17) is 0 Å². The second-order valence-corrected chi connectivity index (χ2v) is 4.34. The predicted octanol–water partition coefficient (Wildman–Crippen LogP) is 0.836. The predicted molar refractivity (Wildman–Crippen MR) is 82.3 cm³/mol. The minimum absolute atomic E-state index is 0. The molecular formula is C16H16BrFLiNO-2. The van der Waals surface area contributed by atoms with Crippen LogP contribution in [0.25, 0.3) is 0 Å². The van der Waals surface area contributed by atoms with Crippen molar-refractivity contribution in [3.8, 4) is 0 Å². The molecule has 0 spiro atoms. The maximum absolute atomic E-state index is 11.9. The first kappa shape index (κ1) is 22.2. The van der Waals surface area contributed by atoms with Gasteiger partial charge in [-0.3, -0.25) is 4.79 Å². The van der Waals surface area contributed by atoms with Crippen LogP contribution in [0, 0.1) is 24.9 Å². The van der Waals surface area contributed by atoms with E-state index in [-0.39, 0.29) is 30.6 Å². The zero-order valence-corrected chi connectivity index (χ0v) is 13.8. The Morgan fingerprint density at radius 2 is 1.90 bits per heavy atom. The number of carbonyl (C=O) groups excluding carboxylic acids is 1. The molecular weight excluding hydrogens is 328 g/mol. The van der Waals surface area contributed by atoms with Crippen LogP contribution in [0.15, 0.2) is 53.0 Å². The largest absolute Gasteiger partial charge is 1.00 e. The van der Waals surface area contributed by atoms with Crippen molar-refractivity contribution >= 4 is 21.8 Å². The summed E-state index contributed by atoms with van der Waals surface area (Å²) in [5.74, 6) is -0.233. The van der Waals surface area contributed by atoms with E-state index in [1.165, 1.54) is 31.2 Å². The van der Waals surface area contributed by atoms with Crippen molar-refractivity contribution in [3.63, 3.8) is 0 Å². The number of amides is 1. The van der Waals surface area contributed by atoms with Crippen LogP contribution in [0.2, 0.25) is 0 Å². The number of nitrogens with one attached hydrogen (secondary N) is 1. The Kier molecular flexibility index (Phi) is 16.2. The fourth-order valence-electron chi connectivity index (χ4n) is 0.914. The molecule has 0 bridgehead atoms. The second-order valence-electron chi connectivity index (χ2n) is 3.42. The molecule has 0 aromatic heterocycles. The minimum atomic E-state index is -0.209. The average molecular weight is 344 g/mol. The maximum Gasteiger partial charge on any atom is 1.00 e. The van der Waals surface area contributed by atoms with Crippen LogP contribution < -0.4 is 24.2 Å². The summed E-state index contributed by atoms with van der Waals surface area (Å²) in [5, 5.41) is 2.46. The van der Waals surface area contributed by atoms with Crippen molar-refractivity contribution in [3.05, 3.63) is 77.9 Å². The fraction of sp³-hybridized carbons (Fsp3) is 0.125. The van der Waals surface area contributed by atoms with E-state index in [0.29, 0.717) is 6.54 Å². The van der Waals surface area contributed by atoms with Gasteiger partial charge in [0.1, 0.15) is 0 Å². The van der Waals surface area contributed by atoms with Crippen molar-refractivity contribution in [2.75, 3.05) is 6.54 Å². The van der Waals surface area contributed by atoms with Gasteiger partial charge in [0.05, 0.1) is 0 Å². The first-order valence-electron chi connectivity index (χ1n) is 5.83. The molecule has 0 aliphatic heterocycles. The van der Waals surface area contributed by atoms with Crippen LogP contribution in [-0.4, -0.2) is 12.5 Å². The average Bonchev–Trinajstić information content (AvgIpc) is 2.42. The first-order valence-corrected chi connectivity index (χ1v) is 6.62. The van der Waals surface area contributed by atoms with E-state index in [2.05, 4.69) is 40.3 Å². The molecule has 0 unspecified atom stereocenters. The molecule has 1 amide bonds. The van der Waals surface area contributed by atoms with Gasteiger partial charge in [-0.15, -0.1) is 34.6 Å². The van der Waals surface area contributed by atoms with E-state index < -0.39 is 0 Å². The number of hydrogen-bond donors (Lipinski definition) is 1. The summed E-state index contributed by atoms with van der Waals surface area (Å²) >= 11 is 3.28. The smallest absolute Gasteiger partial charge is 0.386 e. The third-order valence-corrected chi connectivity index (χ3v) is 2.21. The summed E-state index contributed by atoms with van der Waals surface area (Å²) < 4.78 is 13.0. The van der Waals surface area contributed by atoms with E-state index in [0.717, 1.165) is 4.47 Å². The standard InChI is InChI=1S/C6H4Br.C6H4F.C4H8NO.Li/c2*7-6-4-2-1-3-5-6;1-3-5-4(2)6;/h1-2,4-5H;2-5H;1,3H2,2H3,(H,5,6);/q3*-1;+1. The second kappa shape index (κ2) is 15.3. The molecule has 0 saturated heterocycles. The maximum atomic E-state index is 11.9. The Hall–Kier alpha value is -1.08. The molecule has 5 heteroatoms. The Labute approximate surface area is 146 Å². The van der Waals surface area contributed by atoms with Crippen LogP contribution in [-0.2, 0) is 4.79 Å². The monoisotopic (exact) mass is 343 g/mol. The summed E-state index contributed by atoms with van der Waals surface area (Å²) in [6, 6.07) is 19.0. The van der Waals surface area contributed by atoms with Gasteiger partial charge < -0.3 is 12.2 Å². The normalized spacial score (nSPS) is 8.00. The Balaban J connectivity index is 0. The quantitative estimate of drug-likeness (QED) is 0.603. The van der Waals surface area contributed by atoms with Crippen LogP contribution in [0.1, 0.15) is 6.92 Å². The topological polar surface area (TPSA) is 29.1 Å². The Morgan fingerprint density at radius 1 is 1.29 bits per heavy atom. The SMILES string of the molecule is Brc1c[c-]ccc1.Fc1cc[c-]cc1.[CH2-]CNC(C)=O.[Li+]. The van der Waals surface area contributed by atoms with E-state index in [1.807, 2.05) is 24.3 Å². The van der Waals surface area contributed by atoms with E-state index >= 15 is 0 Å². The van der Waals surface area contributed by atoms with Crippen molar-refractivity contribution in [1.82, 2.24) is 5.32 Å². The van der Waals surface area contributed by atoms with Crippen LogP contribution in [0.3, 0.4) is 0 Å². The van der Waals surface area contributed by atoms with Gasteiger partial charge in [-0.05, 0) is 0 Å². The van der Waals surface area contributed by atoms with Gasteiger partial charge in [0.2, 0.25) is 5.91 Å². The van der Waals surface area contributed by atoms with Crippen molar-refractivity contribution < 1.29 is 28.0 Å². The molecule has 0 atom stereocenters. The van der Waals surface area contributed by atoms with Crippen LogP contribution >= 0.6 is 15.9 Å². The Morgan fingerprint density at radius 3 is 2.10 bits per heavy atom. The number of benzene rings is 2. The zero-order valence-electron chi connectivity index (χ0n) is 12.2. The molecule has 2 aromatic rings. The summed E-state index contributed by atoms with van der Waals surface area (Å²) in [4.78, 5) is 9.89. The summed E-state index contributed by atoms with van der Waals surface area (Å²) in [6.45, 7) is 5.34. The van der Waals surface area contributed by atoms with Gasteiger partial charge in [0.15, 0.2) is 0 Å². The number of rotatable bonds is 1. The number of halogens is 2. The molecule has 0 radical (unpaired) electrons. The molecule has 0 fully saturated rings. The van der Waals surface area contributed by atoms with Crippen LogP contribution in [0.5, 0.6) is 0 Å². The van der Waals surface area contributed by atoms with Gasteiger partial charge >= 0.3 is 18.9 Å². The van der Waals surface area contributed by atoms with Crippen molar-refractivity contribution in [1.29, 1.82) is 0 Å². The van der Waals surface area contributed by atoms with Gasteiger partial charge in [0.25, 0.3) is 0 Å². The molecule has 21 heavy (non-hydrogen) atoms. The molecule has 1 N–H and O–H groups in total. The number of hydrogen-bond acceptors (Lipinski definition) is 1. The van der Waals surface area contributed by atoms with Gasteiger partial charge in [-0.2, -0.15) is 48.5 Å². The van der Waals surface area contributed by atoms with Crippen LogP contribution in [0.4, 0.5) is 4.39 Å². The summed E-state index contributed by atoms with van der Waals surface area (Å²) in [7, 11) is 0. The third-order valence-electron chi connectivity index (χ3n) is 1.72. The molecule has 0 heterocycles. The molecule has 2 rings (SSSR count). The van der Waals surface area contributed by atoms with Gasteiger partial charge in [-0.25, -0.2) is 4.39 Å². The fourth-order valence-corrected chi connectivity index (χ4v) is 1.20. The molecule has 108 valence electrons. The van der Waals surface area contributed by atoms with Crippen molar-refractivity contribution in [2.24, 2.45) is 0 Å². The first-order chi connectivity index (χ1) is 9.56. The van der Waals surface area contributed by atoms with E-state index in [1.54, 1.807) is 0 Å². The zero-order chi connectivity index (χ0) is 15.2. The molecule has 0 aliphatic carbocycles. The molecule has 2 aromatic carbocycles.